The second-order valence-electron chi connectivity index (χ2n) is 8.24. The van der Waals surface area contributed by atoms with E-state index in [1.165, 1.54) is 11.3 Å². The van der Waals surface area contributed by atoms with Gasteiger partial charge in [-0.3, -0.25) is 5.43 Å². The van der Waals surface area contributed by atoms with Crippen LogP contribution in [0, 0.1) is 12.8 Å². The van der Waals surface area contributed by atoms with Crippen LogP contribution in [0.5, 0.6) is 0 Å². The summed E-state index contributed by atoms with van der Waals surface area (Å²) >= 11 is 3.74. The second-order valence-corrected chi connectivity index (χ2v) is 9.20. The van der Waals surface area contributed by atoms with Gasteiger partial charge in [0.15, 0.2) is 0 Å². The fourth-order valence-corrected chi connectivity index (χ4v) is 4.98. The molecule has 0 spiro atoms. The number of nitrogens with one attached hydrogen (secondary N) is 1. The number of para-hydroxylation sites is 1. The van der Waals surface area contributed by atoms with E-state index in [2.05, 4.69) is 80.2 Å². The fourth-order valence-electron chi connectivity index (χ4n) is 4.31. The average molecular weight is 480 g/mol. The third kappa shape index (κ3) is 4.48. The first-order chi connectivity index (χ1) is 14.4. The molecule has 1 aromatic carbocycles. The Morgan fingerprint density at radius 1 is 1.23 bits per heavy atom. The molecule has 1 aliphatic carbocycles. The number of hydrazone groups is 1. The zero-order valence-corrected chi connectivity index (χ0v) is 18.8. The van der Waals surface area contributed by atoms with Crippen LogP contribution in [0.1, 0.15) is 18.4 Å². The van der Waals surface area contributed by atoms with Crippen molar-refractivity contribution in [3.63, 3.8) is 0 Å². The van der Waals surface area contributed by atoms with Crippen molar-refractivity contribution < 1.29 is 8.78 Å². The van der Waals surface area contributed by atoms with Gasteiger partial charge in [-0.25, -0.2) is 8.78 Å². The third-order valence-corrected chi connectivity index (χ3v) is 6.86. The molecular formula is C22H28BrF2N5. The van der Waals surface area contributed by atoms with Gasteiger partial charge < -0.3 is 14.7 Å². The van der Waals surface area contributed by atoms with Gasteiger partial charge in [0.25, 0.3) is 5.92 Å². The second kappa shape index (κ2) is 8.57. The SMILES string of the molecule is C=NNC(CC1CC1(F)F)N1C=CC(N2CCN(c3ccccc3C)CC2)=C(Br)C1. The summed E-state index contributed by atoms with van der Waals surface area (Å²) in [6.45, 7) is 10.0. The monoisotopic (exact) mass is 479 g/mol. The molecule has 4 rings (SSSR count). The van der Waals surface area contributed by atoms with Crippen LogP contribution in [-0.2, 0) is 0 Å². The van der Waals surface area contributed by atoms with E-state index in [1.54, 1.807) is 0 Å². The Morgan fingerprint density at radius 3 is 2.50 bits per heavy atom. The Balaban J connectivity index is 1.37. The average Bonchev–Trinajstić information content (AvgIpc) is 3.34. The fraction of sp³-hybridized carbons (Fsp3) is 0.500. The maximum atomic E-state index is 13.4. The van der Waals surface area contributed by atoms with Crippen LogP contribution >= 0.6 is 15.9 Å². The van der Waals surface area contributed by atoms with E-state index in [4.69, 9.17) is 0 Å². The normalized spacial score (nSPS) is 24.1. The maximum Gasteiger partial charge on any atom is 0.251 e. The molecule has 2 aliphatic heterocycles. The van der Waals surface area contributed by atoms with Gasteiger partial charge in [0.1, 0.15) is 6.17 Å². The molecule has 0 radical (unpaired) electrons. The molecule has 1 saturated heterocycles. The number of piperazine rings is 1. The van der Waals surface area contributed by atoms with Gasteiger partial charge in [0.05, 0.1) is 12.2 Å². The number of hydrogen-bond donors (Lipinski definition) is 1. The minimum absolute atomic E-state index is 0.0344. The quantitative estimate of drug-likeness (QED) is 0.470. The Labute approximate surface area is 185 Å². The van der Waals surface area contributed by atoms with Crippen LogP contribution in [0.15, 0.2) is 51.8 Å². The summed E-state index contributed by atoms with van der Waals surface area (Å²) in [5.41, 5.74) is 6.67. The maximum absolute atomic E-state index is 13.4. The van der Waals surface area contributed by atoms with Crippen LogP contribution in [0.2, 0.25) is 0 Å². The lowest BCUT2D eigenvalue weighted by Gasteiger charge is -2.41. The van der Waals surface area contributed by atoms with E-state index in [0.717, 1.165) is 36.4 Å². The van der Waals surface area contributed by atoms with Crippen molar-refractivity contribution >= 4 is 28.3 Å². The van der Waals surface area contributed by atoms with Crippen LogP contribution < -0.4 is 10.3 Å². The molecule has 0 amide bonds. The van der Waals surface area contributed by atoms with E-state index >= 15 is 0 Å². The van der Waals surface area contributed by atoms with E-state index in [-0.39, 0.29) is 12.6 Å². The zero-order valence-electron chi connectivity index (χ0n) is 17.2. The van der Waals surface area contributed by atoms with Crippen LogP contribution in [-0.4, -0.2) is 61.3 Å². The molecule has 1 N–H and O–H groups in total. The first kappa shape index (κ1) is 21.2. The van der Waals surface area contributed by atoms with Crippen molar-refractivity contribution in [3.8, 4) is 0 Å². The van der Waals surface area contributed by atoms with Crippen molar-refractivity contribution in [1.29, 1.82) is 0 Å². The number of hydrogen-bond acceptors (Lipinski definition) is 5. The summed E-state index contributed by atoms with van der Waals surface area (Å²) in [6, 6.07) is 8.50. The Bertz CT molecular complexity index is 848. The molecule has 1 aromatic rings. The minimum atomic E-state index is -2.53. The van der Waals surface area contributed by atoms with E-state index in [9.17, 15) is 8.78 Å². The lowest BCUT2D eigenvalue weighted by molar-refractivity contribution is 0.0870. The highest BCUT2D eigenvalue weighted by Gasteiger charge is 2.57. The van der Waals surface area contributed by atoms with Crippen molar-refractivity contribution in [2.24, 2.45) is 11.0 Å². The lowest BCUT2D eigenvalue weighted by Crippen LogP contribution is -2.47. The smallest absolute Gasteiger partial charge is 0.251 e. The first-order valence-corrected chi connectivity index (χ1v) is 11.2. The van der Waals surface area contributed by atoms with Gasteiger partial charge >= 0.3 is 0 Å². The van der Waals surface area contributed by atoms with Gasteiger partial charge in [-0.1, -0.05) is 34.1 Å². The van der Waals surface area contributed by atoms with Gasteiger partial charge in [-0.15, -0.1) is 0 Å². The lowest BCUT2D eigenvalue weighted by atomic mass is 10.1. The third-order valence-electron chi connectivity index (χ3n) is 6.20. The van der Waals surface area contributed by atoms with E-state index in [0.29, 0.717) is 13.0 Å². The molecule has 2 unspecified atom stereocenters. The molecule has 30 heavy (non-hydrogen) atoms. The largest absolute Gasteiger partial charge is 0.368 e. The summed E-state index contributed by atoms with van der Waals surface area (Å²) < 4.78 is 27.8. The summed E-state index contributed by atoms with van der Waals surface area (Å²) in [6.07, 6.45) is 4.08. The summed E-state index contributed by atoms with van der Waals surface area (Å²) in [5.74, 6) is -3.11. The topological polar surface area (TPSA) is 34.1 Å². The predicted molar refractivity (Wildman–Crippen MR) is 121 cm³/mol. The van der Waals surface area contributed by atoms with E-state index in [1.807, 2.05) is 11.1 Å². The molecule has 2 fully saturated rings. The summed E-state index contributed by atoms with van der Waals surface area (Å²) in [4.78, 5) is 6.83. The molecule has 2 atom stereocenters. The molecule has 5 nitrogen and oxygen atoms in total. The molecule has 8 heteroatoms. The number of aryl methyl sites for hydroxylation is 1. The standard InChI is InChI=1S/C22H28BrF2N5/c1-16-5-3-4-6-19(16)28-9-11-29(12-10-28)20-7-8-30(15-18(20)23)21(27-26-2)13-17-14-22(17,24)25/h3-8,17,21,27H,2,9-15H2,1H3. The van der Waals surface area contributed by atoms with Crippen LogP contribution in [0.4, 0.5) is 14.5 Å². The summed E-state index contributed by atoms with van der Waals surface area (Å²) in [7, 11) is 0. The van der Waals surface area contributed by atoms with E-state index < -0.39 is 11.8 Å². The van der Waals surface area contributed by atoms with Gasteiger partial charge in [0.2, 0.25) is 0 Å². The van der Waals surface area contributed by atoms with Crippen molar-refractivity contribution in [2.75, 3.05) is 37.6 Å². The first-order valence-electron chi connectivity index (χ1n) is 10.4. The molecule has 2 heterocycles. The Morgan fingerprint density at radius 2 is 1.90 bits per heavy atom. The molecule has 1 saturated carbocycles. The number of halogens is 3. The highest BCUT2D eigenvalue weighted by Crippen LogP contribution is 2.51. The number of allylic oxidation sites excluding steroid dienone is 1. The Hall–Kier alpha value is -2.09. The zero-order chi connectivity index (χ0) is 21.3. The van der Waals surface area contributed by atoms with Crippen LogP contribution in [0.25, 0.3) is 0 Å². The highest BCUT2D eigenvalue weighted by atomic mass is 79.9. The predicted octanol–water partition coefficient (Wildman–Crippen LogP) is 4.13. The van der Waals surface area contributed by atoms with Crippen LogP contribution in [0.3, 0.4) is 0 Å². The van der Waals surface area contributed by atoms with Crippen molar-refractivity contribution in [2.45, 2.75) is 31.9 Å². The number of alkyl halides is 2. The molecule has 162 valence electrons. The van der Waals surface area contributed by atoms with Gasteiger partial charge in [-0.2, -0.15) is 5.10 Å². The number of rotatable bonds is 7. The number of nitrogens with zero attached hydrogens (tertiary/aromatic N) is 4. The minimum Gasteiger partial charge on any atom is -0.368 e. The molecule has 0 aromatic heterocycles. The van der Waals surface area contributed by atoms with Gasteiger partial charge in [-0.05, 0) is 31.1 Å². The molecular weight excluding hydrogens is 452 g/mol. The number of benzene rings is 1. The molecule has 3 aliphatic rings. The highest BCUT2D eigenvalue weighted by molar-refractivity contribution is 9.11. The number of anilines is 1. The van der Waals surface area contributed by atoms with Crippen molar-refractivity contribution in [3.05, 3.63) is 52.3 Å². The van der Waals surface area contributed by atoms with Gasteiger partial charge in [0, 0.05) is 61.6 Å². The summed E-state index contributed by atoms with van der Waals surface area (Å²) in [5, 5.41) is 3.75. The Kier molecular flexibility index (Phi) is 6.04. The van der Waals surface area contributed by atoms with Crippen molar-refractivity contribution in [1.82, 2.24) is 15.2 Å². The molecule has 0 bridgehead atoms.